The number of carbonyl (C=O) groups excluding carboxylic acids is 4. The molecule has 62 heavy (non-hydrogen) atoms. The van der Waals surface area contributed by atoms with Gasteiger partial charge in [-0.1, -0.05) is 70.2 Å². The lowest BCUT2D eigenvalue weighted by molar-refractivity contribution is -0.136. The molecule has 0 bridgehead atoms. The topological polar surface area (TPSA) is 175 Å². The summed E-state index contributed by atoms with van der Waals surface area (Å²) in [5.41, 5.74) is 7.16. The second kappa shape index (κ2) is 17.6. The van der Waals surface area contributed by atoms with Crippen LogP contribution in [0.15, 0.2) is 72.8 Å². The fraction of sp³-hybridized carbons (Fsp3) is 0.391. The molecular formula is C46H51FN8O6S. The summed E-state index contributed by atoms with van der Waals surface area (Å²) >= 11 is 1.66. The van der Waals surface area contributed by atoms with E-state index in [1.54, 1.807) is 11.3 Å². The van der Waals surface area contributed by atoms with E-state index in [9.17, 15) is 19.2 Å². The normalized spacial score (nSPS) is 18.8. The first-order valence-electron chi connectivity index (χ1n) is 21.0. The summed E-state index contributed by atoms with van der Waals surface area (Å²) in [7, 11) is 2.52. The SMILES string of the molecule is COC(=O)N[C@H](C(=O)N1CCC[C@H]1c1nc2ccc(-c3cc(-c4ccccc4)c(-c4ccc5nc([C@@H]6CC(F)CN6C(=O)[C@@H](NC(=O)OC)C(C)C)[nH]c5c4)s3)cc2[nH]1)C(C)C. The van der Waals surface area contributed by atoms with Gasteiger partial charge in [-0.15, -0.1) is 11.3 Å². The van der Waals surface area contributed by atoms with Crippen LogP contribution in [-0.2, 0) is 19.1 Å². The lowest BCUT2D eigenvalue weighted by atomic mass is 10.0. The second-order valence-electron chi connectivity index (χ2n) is 16.7. The number of alkyl halides is 1. The number of aromatic nitrogens is 4. The van der Waals surface area contributed by atoms with Crippen molar-refractivity contribution >= 4 is 57.4 Å². The highest BCUT2D eigenvalue weighted by molar-refractivity contribution is 7.19. The molecule has 0 saturated carbocycles. The van der Waals surface area contributed by atoms with Crippen LogP contribution in [0.4, 0.5) is 14.0 Å². The third-order valence-electron chi connectivity index (χ3n) is 11.8. The molecule has 5 heterocycles. The number of imidazole rings is 2. The Morgan fingerprint density at radius 3 is 1.90 bits per heavy atom. The van der Waals surface area contributed by atoms with Crippen LogP contribution in [0.5, 0.6) is 0 Å². The van der Waals surface area contributed by atoms with Gasteiger partial charge in [-0.2, -0.15) is 0 Å². The van der Waals surface area contributed by atoms with E-state index < -0.39 is 36.5 Å². The molecule has 5 atom stereocenters. The van der Waals surface area contributed by atoms with Crippen molar-refractivity contribution in [3.63, 3.8) is 0 Å². The van der Waals surface area contributed by atoms with Crippen LogP contribution in [0.25, 0.3) is 54.1 Å². The number of carbonyl (C=O) groups is 4. The van der Waals surface area contributed by atoms with Gasteiger partial charge in [-0.3, -0.25) is 9.59 Å². The van der Waals surface area contributed by atoms with Gasteiger partial charge in [0.05, 0.1) is 54.9 Å². The average Bonchev–Trinajstić information content (AvgIpc) is 4.12. The summed E-state index contributed by atoms with van der Waals surface area (Å²) in [6.45, 7) is 7.89. The van der Waals surface area contributed by atoms with Gasteiger partial charge in [-0.25, -0.2) is 23.9 Å². The highest BCUT2D eigenvalue weighted by Crippen LogP contribution is 2.45. The van der Waals surface area contributed by atoms with Crippen molar-refractivity contribution in [2.75, 3.05) is 27.3 Å². The second-order valence-corrected chi connectivity index (χ2v) is 17.7. The van der Waals surface area contributed by atoms with Crippen LogP contribution >= 0.6 is 11.3 Å². The van der Waals surface area contributed by atoms with Crippen molar-refractivity contribution in [3.8, 4) is 32.0 Å². The number of aromatic amines is 2. The smallest absolute Gasteiger partial charge is 0.407 e. The third kappa shape index (κ3) is 8.35. The van der Waals surface area contributed by atoms with Crippen molar-refractivity contribution in [1.29, 1.82) is 0 Å². The number of methoxy groups -OCH3 is 2. The minimum atomic E-state index is -1.25. The Morgan fingerprint density at radius 1 is 0.742 bits per heavy atom. The molecule has 6 aromatic rings. The van der Waals surface area contributed by atoms with E-state index in [2.05, 4.69) is 50.9 Å². The number of fused-ring (bicyclic) bond motifs is 2. The Balaban J connectivity index is 1.10. The van der Waals surface area contributed by atoms with Gasteiger partial charge in [0.15, 0.2) is 0 Å². The number of halogens is 1. The predicted molar refractivity (Wildman–Crippen MR) is 236 cm³/mol. The maximum absolute atomic E-state index is 15.1. The number of thiophene rings is 1. The van der Waals surface area contributed by atoms with Crippen LogP contribution in [-0.4, -0.2) is 99.3 Å². The number of ether oxygens (including phenoxy) is 2. The lowest BCUT2D eigenvalue weighted by Crippen LogP contribution is -2.51. The number of hydrogen-bond acceptors (Lipinski definition) is 9. The highest BCUT2D eigenvalue weighted by Gasteiger charge is 2.42. The number of likely N-dealkylation sites (tertiary alicyclic amines) is 2. The molecule has 2 fully saturated rings. The fourth-order valence-corrected chi connectivity index (χ4v) is 9.78. The van der Waals surface area contributed by atoms with Crippen molar-refractivity contribution in [2.45, 2.75) is 77.3 Å². The molecule has 0 spiro atoms. The van der Waals surface area contributed by atoms with Crippen LogP contribution in [0.3, 0.4) is 0 Å². The molecule has 0 aliphatic carbocycles. The molecule has 1 unspecified atom stereocenters. The maximum atomic E-state index is 15.1. The maximum Gasteiger partial charge on any atom is 0.407 e. The van der Waals surface area contributed by atoms with Crippen molar-refractivity contribution in [1.82, 2.24) is 40.4 Å². The summed E-state index contributed by atoms with van der Waals surface area (Å²) < 4.78 is 24.6. The zero-order chi connectivity index (χ0) is 43.8. The number of hydrogen-bond donors (Lipinski definition) is 4. The quantitative estimate of drug-likeness (QED) is 0.100. The largest absolute Gasteiger partial charge is 0.453 e. The standard InChI is InChI=1S/C46H51FN8O6S/c1-24(2)38(52-45(58)60-5)43(56)54-18-10-13-35(54)41-48-31-16-14-27(19-33(31)50-41)37-22-30(26-11-8-7-9-12-26)40(62-37)28-15-17-32-34(20-28)51-42(49-32)36-21-29(47)23-55(36)44(57)39(25(3)4)53-46(59)61-6/h7-9,11-12,14-17,19-20,22,24-25,29,35-36,38-39H,10,13,18,21,23H2,1-6H3,(H,48,50)(H,49,51)(H,52,58)(H,53,59)/t29?,35-,36-,38-,39-/m0/s1. The first-order chi connectivity index (χ1) is 29.8. The van der Waals surface area contributed by atoms with Gasteiger partial charge >= 0.3 is 12.2 Å². The Kier molecular flexibility index (Phi) is 12.0. The van der Waals surface area contributed by atoms with Crippen LogP contribution in [0, 0.1) is 11.8 Å². The minimum Gasteiger partial charge on any atom is -0.453 e. The van der Waals surface area contributed by atoms with Gasteiger partial charge in [0, 0.05) is 28.3 Å². The van der Waals surface area contributed by atoms with E-state index in [0.29, 0.717) is 23.7 Å². The van der Waals surface area contributed by atoms with E-state index in [1.165, 1.54) is 19.1 Å². The number of H-pyrrole nitrogens is 2. The monoisotopic (exact) mass is 862 g/mol. The minimum absolute atomic E-state index is 0.0836. The molecule has 3 aromatic heterocycles. The first kappa shape index (κ1) is 42.4. The summed E-state index contributed by atoms with van der Waals surface area (Å²) in [5.74, 6) is 0.249. The van der Waals surface area contributed by atoms with E-state index in [1.807, 2.05) is 75.1 Å². The predicted octanol–water partition coefficient (Wildman–Crippen LogP) is 8.54. The molecular weight excluding hydrogens is 812 g/mol. The molecule has 2 aliphatic heterocycles. The van der Waals surface area contributed by atoms with Crippen LogP contribution < -0.4 is 10.6 Å². The number of benzene rings is 3. The van der Waals surface area contributed by atoms with Gasteiger partial charge in [0.2, 0.25) is 11.8 Å². The summed E-state index contributed by atoms with van der Waals surface area (Å²) in [6, 6.07) is 22.0. The van der Waals surface area contributed by atoms with Crippen LogP contribution in [0.2, 0.25) is 0 Å². The third-order valence-corrected chi connectivity index (χ3v) is 13.1. The van der Waals surface area contributed by atoms with Gasteiger partial charge < -0.3 is 39.9 Å². The molecule has 324 valence electrons. The van der Waals surface area contributed by atoms with Crippen molar-refractivity contribution in [2.24, 2.45) is 11.8 Å². The molecule has 16 heteroatoms. The lowest BCUT2D eigenvalue weighted by Gasteiger charge is -2.29. The molecule has 8 rings (SSSR count). The van der Waals surface area contributed by atoms with E-state index in [4.69, 9.17) is 19.4 Å². The molecule has 2 aliphatic rings. The molecule has 3 aromatic carbocycles. The van der Waals surface area contributed by atoms with Gasteiger partial charge in [-0.05, 0) is 71.7 Å². The van der Waals surface area contributed by atoms with E-state index >= 15 is 4.39 Å². The molecule has 2 saturated heterocycles. The first-order valence-corrected chi connectivity index (χ1v) is 21.8. The summed E-state index contributed by atoms with van der Waals surface area (Å²) in [5, 5.41) is 5.33. The van der Waals surface area contributed by atoms with Crippen molar-refractivity contribution < 1.29 is 33.0 Å². The zero-order valence-electron chi connectivity index (χ0n) is 35.5. The molecule has 4 N–H and O–H groups in total. The Morgan fingerprint density at radius 2 is 1.31 bits per heavy atom. The Bertz CT molecular complexity index is 2620. The van der Waals surface area contributed by atoms with Gasteiger partial charge in [0.1, 0.15) is 29.9 Å². The summed E-state index contributed by atoms with van der Waals surface area (Å²) in [6.07, 6.45) is -0.959. The number of amides is 4. The molecule has 14 nitrogen and oxygen atoms in total. The number of rotatable bonds is 11. The van der Waals surface area contributed by atoms with Crippen molar-refractivity contribution in [3.05, 3.63) is 84.4 Å². The number of nitrogens with zero attached hydrogens (tertiary/aromatic N) is 4. The highest BCUT2D eigenvalue weighted by atomic mass is 32.1. The Hall–Kier alpha value is -6.29. The number of alkyl carbamates (subject to hydrolysis) is 2. The van der Waals surface area contributed by atoms with E-state index in [-0.39, 0.29) is 42.7 Å². The summed E-state index contributed by atoms with van der Waals surface area (Å²) in [4.78, 5) is 73.8. The molecule has 0 radical (unpaired) electrons. The number of nitrogens with one attached hydrogen (secondary N) is 4. The van der Waals surface area contributed by atoms with Crippen LogP contribution in [0.1, 0.15) is 70.7 Å². The van der Waals surface area contributed by atoms with E-state index in [0.717, 1.165) is 61.4 Å². The fourth-order valence-electron chi connectivity index (χ4n) is 8.61. The zero-order valence-corrected chi connectivity index (χ0v) is 36.3. The Labute approximate surface area is 362 Å². The average molecular weight is 863 g/mol. The van der Waals surface area contributed by atoms with Gasteiger partial charge in [0.25, 0.3) is 0 Å². The molecule has 4 amide bonds.